The maximum atomic E-state index is 13.7. The van der Waals surface area contributed by atoms with Crippen LogP contribution in [0.2, 0.25) is 5.02 Å². The van der Waals surface area contributed by atoms with Crippen LogP contribution in [0, 0.1) is 11.8 Å². The third-order valence-electron chi connectivity index (χ3n) is 9.62. The number of amides is 4. The number of nitrogens with one attached hydrogen (secondary N) is 3. The number of carbonyl (C=O) groups excluding carboxylic acids is 3. The number of hydrogen-bond donors (Lipinski definition) is 4. The molecule has 6 atom stereocenters. The molecular formula is C30H30ClF5N8O4. The number of anilines is 1. The van der Waals surface area contributed by atoms with Crippen LogP contribution in [0.15, 0.2) is 30.6 Å². The number of likely N-dealkylation sites (tertiary alicyclic amines) is 1. The number of imidazole rings is 1. The number of piperidine rings is 1. The summed E-state index contributed by atoms with van der Waals surface area (Å²) in [7, 11) is 1.31. The van der Waals surface area contributed by atoms with E-state index in [2.05, 4.69) is 26.0 Å². The molecule has 4 amide bonds. The first-order chi connectivity index (χ1) is 22.6. The minimum atomic E-state index is -4.95. The third-order valence-corrected chi connectivity index (χ3v) is 9.93. The Bertz CT molecular complexity index is 1800. The first-order valence-corrected chi connectivity index (χ1v) is 15.7. The van der Waals surface area contributed by atoms with Gasteiger partial charge in [0.05, 0.1) is 40.2 Å². The van der Waals surface area contributed by atoms with Crippen molar-refractivity contribution in [3.05, 3.63) is 52.7 Å². The zero-order valence-electron chi connectivity index (χ0n) is 25.3. The summed E-state index contributed by atoms with van der Waals surface area (Å²) in [4.78, 5) is 44.3. The van der Waals surface area contributed by atoms with E-state index in [0.717, 1.165) is 29.8 Å². The van der Waals surface area contributed by atoms with E-state index in [0.29, 0.717) is 24.2 Å². The van der Waals surface area contributed by atoms with Gasteiger partial charge in [-0.15, -0.1) is 0 Å². The Labute approximate surface area is 274 Å². The summed E-state index contributed by atoms with van der Waals surface area (Å²) in [6.07, 6.45) is -1.92. The van der Waals surface area contributed by atoms with Crippen LogP contribution in [0.3, 0.4) is 0 Å². The lowest BCUT2D eigenvalue weighted by Crippen LogP contribution is -2.48. The van der Waals surface area contributed by atoms with Gasteiger partial charge in [0.1, 0.15) is 6.04 Å². The number of alkyl halides is 5. The molecule has 0 spiro atoms. The molecule has 7 rings (SSSR count). The number of nitrogens with zero attached hydrogens (tertiary/aromatic N) is 5. The van der Waals surface area contributed by atoms with Crippen molar-refractivity contribution in [2.24, 2.45) is 18.9 Å². The van der Waals surface area contributed by atoms with Gasteiger partial charge in [-0.2, -0.15) is 18.3 Å². The minimum absolute atomic E-state index is 0.0341. The second kappa shape index (κ2) is 11.4. The van der Waals surface area contributed by atoms with Crippen molar-refractivity contribution in [2.75, 3.05) is 18.4 Å². The lowest BCUT2D eigenvalue weighted by Gasteiger charge is -2.24. The summed E-state index contributed by atoms with van der Waals surface area (Å²) in [6, 6.07) is 2.12. The number of hydrogen-bond acceptors (Lipinski definition) is 6. The normalized spacial score (nSPS) is 27.0. The summed E-state index contributed by atoms with van der Waals surface area (Å²) in [5, 5.41) is 21.8. The van der Waals surface area contributed by atoms with Crippen LogP contribution in [0.25, 0.3) is 11.3 Å². The van der Waals surface area contributed by atoms with E-state index in [1.807, 2.05) is 0 Å². The number of fused-ring (bicyclic) bond motifs is 1. The number of aliphatic hydroxyl groups is 1. The molecule has 1 saturated heterocycles. The van der Waals surface area contributed by atoms with Crippen molar-refractivity contribution >= 4 is 35.1 Å². The van der Waals surface area contributed by atoms with Gasteiger partial charge in [-0.25, -0.2) is 18.6 Å². The molecule has 0 bridgehead atoms. The van der Waals surface area contributed by atoms with E-state index in [9.17, 15) is 41.4 Å². The van der Waals surface area contributed by atoms with Gasteiger partial charge in [0.2, 0.25) is 0 Å². The fraction of sp³-hybridized carbons (Fsp3) is 0.500. The smallest absolute Gasteiger partial charge is 0.391 e. The predicted octanol–water partition coefficient (Wildman–Crippen LogP) is 4.07. The number of halogens is 6. The van der Waals surface area contributed by atoms with E-state index in [-0.39, 0.29) is 57.7 Å². The standard InChI is InChI=1S/C30H30ClF5N8O4/c1-42-20(17-12-44(22-8-29(22,32)33)41-24(17)30(34,35)36)9-37-25(42)27(47)38-13-5-6-14(18(31)7-13)26(46)40-23-15-10-43(11-16(15)23)28(48)39-19-3-2-4-21(19)45/h5-7,9,12,15-16,19,21-23,45H,2-4,8,10-11H2,1H3,(H,38,47)(H,39,48)(H,40,46)/t15-,16+,19-,21-,22?,23?/m1/s1. The van der Waals surface area contributed by atoms with Gasteiger partial charge >= 0.3 is 12.2 Å². The highest BCUT2D eigenvalue weighted by Gasteiger charge is 2.60. The second-order valence-electron chi connectivity index (χ2n) is 12.8. The van der Waals surface area contributed by atoms with E-state index < -0.39 is 53.7 Å². The van der Waals surface area contributed by atoms with E-state index in [4.69, 9.17) is 11.6 Å². The fourth-order valence-corrected chi connectivity index (χ4v) is 7.03. The highest BCUT2D eigenvalue weighted by molar-refractivity contribution is 6.34. The van der Waals surface area contributed by atoms with Crippen molar-refractivity contribution in [1.82, 2.24) is 34.9 Å². The van der Waals surface area contributed by atoms with Crippen LogP contribution in [-0.4, -0.2) is 84.4 Å². The molecule has 2 unspecified atom stereocenters. The lowest BCUT2D eigenvalue weighted by molar-refractivity contribution is -0.141. The van der Waals surface area contributed by atoms with Crippen molar-refractivity contribution in [2.45, 2.75) is 62.0 Å². The minimum Gasteiger partial charge on any atom is -0.391 e. The van der Waals surface area contributed by atoms with Crippen LogP contribution in [-0.2, 0) is 13.2 Å². The molecule has 0 radical (unpaired) electrons. The summed E-state index contributed by atoms with van der Waals surface area (Å²) >= 11 is 6.38. The Kier molecular flexibility index (Phi) is 7.69. The van der Waals surface area contributed by atoms with Gasteiger partial charge in [-0.05, 0) is 37.5 Å². The molecule has 4 fully saturated rings. The molecule has 1 aromatic carbocycles. The summed E-state index contributed by atoms with van der Waals surface area (Å²) in [5.74, 6) is -4.45. The molecule has 12 nitrogen and oxygen atoms in total. The summed E-state index contributed by atoms with van der Waals surface area (Å²) in [6.45, 7) is 0.961. The van der Waals surface area contributed by atoms with Crippen molar-refractivity contribution in [1.29, 1.82) is 0 Å². The Balaban J connectivity index is 0.967. The van der Waals surface area contributed by atoms with Gasteiger partial charge < -0.3 is 30.5 Å². The van der Waals surface area contributed by atoms with Gasteiger partial charge in [0.15, 0.2) is 11.5 Å². The van der Waals surface area contributed by atoms with Crippen molar-refractivity contribution in [3.63, 3.8) is 0 Å². The molecule has 4 N–H and O–H groups in total. The van der Waals surface area contributed by atoms with Gasteiger partial charge in [0, 0.05) is 56.3 Å². The highest BCUT2D eigenvalue weighted by Crippen LogP contribution is 2.53. The van der Waals surface area contributed by atoms with Crippen LogP contribution in [0.1, 0.15) is 58.4 Å². The van der Waals surface area contributed by atoms with E-state index in [1.54, 1.807) is 4.90 Å². The van der Waals surface area contributed by atoms with Crippen LogP contribution in [0.4, 0.5) is 32.4 Å². The molecule has 18 heteroatoms. The highest BCUT2D eigenvalue weighted by atomic mass is 35.5. The van der Waals surface area contributed by atoms with Gasteiger partial charge in [-0.3, -0.25) is 14.3 Å². The average Bonchev–Trinajstić information content (AvgIpc) is 3.46. The second-order valence-corrected chi connectivity index (χ2v) is 13.2. The zero-order chi connectivity index (χ0) is 34.3. The largest absolute Gasteiger partial charge is 0.435 e. The first-order valence-electron chi connectivity index (χ1n) is 15.3. The Hall–Kier alpha value is -4.25. The lowest BCUT2D eigenvalue weighted by atomic mass is 10.2. The van der Waals surface area contributed by atoms with Crippen LogP contribution < -0.4 is 16.0 Å². The molecule has 48 heavy (non-hydrogen) atoms. The fourth-order valence-electron chi connectivity index (χ4n) is 6.76. The van der Waals surface area contributed by atoms with E-state index in [1.165, 1.54) is 25.2 Å². The predicted molar refractivity (Wildman–Crippen MR) is 159 cm³/mol. The topological polar surface area (TPSA) is 146 Å². The molecular weight excluding hydrogens is 667 g/mol. The maximum Gasteiger partial charge on any atom is 0.435 e. The van der Waals surface area contributed by atoms with Gasteiger partial charge in [0.25, 0.3) is 17.7 Å². The van der Waals surface area contributed by atoms with E-state index >= 15 is 0 Å². The number of aliphatic hydroxyl groups excluding tert-OH is 1. The molecule has 3 aliphatic carbocycles. The molecule has 2 aromatic heterocycles. The molecule has 3 saturated carbocycles. The number of urea groups is 1. The third kappa shape index (κ3) is 5.86. The Morgan fingerprint density at radius 1 is 1.08 bits per heavy atom. The summed E-state index contributed by atoms with van der Waals surface area (Å²) in [5.41, 5.74) is -1.70. The first kappa shape index (κ1) is 32.3. The van der Waals surface area contributed by atoms with Crippen LogP contribution in [0.5, 0.6) is 0 Å². The Morgan fingerprint density at radius 2 is 1.79 bits per heavy atom. The molecule has 1 aliphatic heterocycles. The summed E-state index contributed by atoms with van der Waals surface area (Å²) < 4.78 is 70.0. The van der Waals surface area contributed by atoms with Gasteiger partial charge in [-0.1, -0.05) is 11.6 Å². The van der Waals surface area contributed by atoms with Crippen molar-refractivity contribution < 1.29 is 41.4 Å². The number of benzene rings is 1. The average molecular weight is 697 g/mol. The quantitative estimate of drug-likeness (QED) is 0.274. The number of carbonyl (C=O) groups is 3. The molecule has 4 aliphatic rings. The molecule has 256 valence electrons. The number of rotatable bonds is 7. The SMILES string of the molecule is Cn1c(-c2cn(C3CC3(F)F)nc2C(F)(F)F)cnc1C(=O)Nc1ccc(C(=O)NC2[C@H]3CN(C(=O)N[C@@H]4CCC[C@H]4O)C[C@@H]23)c(Cl)c1. The van der Waals surface area contributed by atoms with Crippen LogP contribution >= 0.6 is 11.6 Å². The molecule has 3 aromatic rings. The van der Waals surface area contributed by atoms with Crippen molar-refractivity contribution in [3.8, 4) is 11.3 Å². The molecule has 3 heterocycles. The number of aromatic nitrogens is 4. The maximum absolute atomic E-state index is 13.7. The Morgan fingerprint density at radius 3 is 2.40 bits per heavy atom. The monoisotopic (exact) mass is 696 g/mol. The zero-order valence-corrected chi connectivity index (χ0v) is 26.0.